The minimum atomic E-state index is -0.255. The van der Waals surface area contributed by atoms with Gasteiger partial charge in [0.05, 0.1) is 22.7 Å². The highest BCUT2D eigenvalue weighted by Gasteiger charge is 2.21. The van der Waals surface area contributed by atoms with Crippen LogP contribution in [0, 0.1) is 0 Å². The zero-order valence-corrected chi connectivity index (χ0v) is 17.2. The van der Waals surface area contributed by atoms with Gasteiger partial charge in [0.15, 0.2) is 5.16 Å². The monoisotopic (exact) mass is 407 g/mol. The first-order valence-electron chi connectivity index (χ1n) is 9.97. The summed E-state index contributed by atoms with van der Waals surface area (Å²) in [6, 6.07) is 20.3. The van der Waals surface area contributed by atoms with Crippen LogP contribution in [0.2, 0.25) is 0 Å². The summed E-state index contributed by atoms with van der Waals surface area (Å²) >= 11 is 1.44. The second-order valence-corrected chi connectivity index (χ2v) is 8.47. The number of nitrogens with one attached hydrogen (secondary N) is 2. The molecule has 2 aromatic carbocycles. The van der Waals surface area contributed by atoms with Crippen molar-refractivity contribution in [2.45, 2.75) is 36.3 Å². The summed E-state index contributed by atoms with van der Waals surface area (Å²) in [5, 5.41) is 3.49. The number of ether oxygens (including phenoxy) is 1. The Hall–Kier alpha value is -2.57. The van der Waals surface area contributed by atoms with Crippen molar-refractivity contribution in [1.29, 1.82) is 0 Å². The topological polar surface area (TPSA) is 67.0 Å². The number of rotatable bonds is 7. The molecule has 1 saturated heterocycles. The van der Waals surface area contributed by atoms with E-state index in [-0.39, 0.29) is 17.3 Å². The summed E-state index contributed by atoms with van der Waals surface area (Å²) in [6.07, 6.45) is 2.23. The van der Waals surface area contributed by atoms with Gasteiger partial charge in [0.2, 0.25) is 5.91 Å². The van der Waals surface area contributed by atoms with Crippen LogP contribution in [0.3, 0.4) is 0 Å². The van der Waals surface area contributed by atoms with Gasteiger partial charge in [0.25, 0.3) is 0 Å². The second-order valence-electron chi connectivity index (χ2n) is 7.14. The first-order valence-corrected chi connectivity index (χ1v) is 10.9. The molecule has 5 nitrogen and oxygen atoms in total. The number of amides is 1. The first-order chi connectivity index (χ1) is 14.2. The van der Waals surface area contributed by atoms with E-state index in [0.29, 0.717) is 6.54 Å². The van der Waals surface area contributed by atoms with E-state index in [4.69, 9.17) is 9.72 Å². The SMILES string of the molecule is C[C@H](Sc1nc(-c2ccccc2)c(-c2ccccc2)[nH]1)C(=O)NC[C@H]1CCCO1. The normalized spacial score (nSPS) is 17.2. The van der Waals surface area contributed by atoms with Crippen LogP contribution in [0.5, 0.6) is 0 Å². The lowest BCUT2D eigenvalue weighted by Gasteiger charge is -2.13. The van der Waals surface area contributed by atoms with Gasteiger partial charge in [0, 0.05) is 24.3 Å². The van der Waals surface area contributed by atoms with Gasteiger partial charge >= 0.3 is 0 Å². The Kier molecular flexibility index (Phi) is 6.32. The van der Waals surface area contributed by atoms with Crippen LogP contribution < -0.4 is 5.32 Å². The fourth-order valence-electron chi connectivity index (χ4n) is 3.41. The Morgan fingerprint density at radius 3 is 2.52 bits per heavy atom. The van der Waals surface area contributed by atoms with Crippen LogP contribution >= 0.6 is 11.8 Å². The molecular weight excluding hydrogens is 382 g/mol. The molecule has 0 radical (unpaired) electrons. The van der Waals surface area contributed by atoms with E-state index < -0.39 is 0 Å². The molecule has 0 unspecified atom stereocenters. The fourth-order valence-corrected chi connectivity index (χ4v) is 4.24. The number of thioether (sulfide) groups is 1. The van der Waals surface area contributed by atoms with E-state index in [2.05, 4.69) is 34.6 Å². The van der Waals surface area contributed by atoms with Gasteiger partial charge < -0.3 is 15.0 Å². The number of carbonyl (C=O) groups excluding carboxylic acids is 1. The number of aromatic nitrogens is 2. The van der Waals surface area contributed by atoms with Gasteiger partial charge in [-0.1, -0.05) is 72.4 Å². The highest BCUT2D eigenvalue weighted by atomic mass is 32.2. The Labute approximate surface area is 175 Å². The summed E-state index contributed by atoms with van der Waals surface area (Å²) in [5.74, 6) is 0.00409. The van der Waals surface area contributed by atoms with Gasteiger partial charge in [-0.15, -0.1) is 0 Å². The molecule has 1 fully saturated rings. The van der Waals surface area contributed by atoms with Crippen molar-refractivity contribution in [3.05, 3.63) is 60.7 Å². The zero-order chi connectivity index (χ0) is 20.1. The molecule has 3 aromatic rings. The van der Waals surface area contributed by atoms with Crippen molar-refractivity contribution in [2.24, 2.45) is 0 Å². The van der Waals surface area contributed by atoms with E-state index in [9.17, 15) is 4.79 Å². The standard InChI is InChI=1S/C23H25N3O2S/c1-16(22(27)24-15-19-13-8-14-28-19)29-23-25-20(17-9-4-2-5-10-17)21(26-23)18-11-6-3-7-12-18/h2-7,9-12,16,19H,8,13-15H2,1H3,(H,24,27)(H,25,26)/t16-,19+/m0/s1. The molecule has 1 aliphatic heterocycles. The predicted molar refractivity (Wildman–Crippen MR) is 117 cm³/mol. The number of hydrogen-bond donors (Lipinski definition) is 2. The molecule has 2 N–H and O–H groups in total. The van der Waals surface area contributed by atoms with Crippen molar-refractivity contribution in [3.63, 3.8) is 0 Å². The predicted octanol–water partition coefficient (Wildman–Crippen LogP) is 4.52. The average molecular weight is 408 g/mol. The third kappa shape index (κ3) is 4.89. The highest BCUT2D eigenvalue weighted by Crippen LogP contribution is 2.33. The number of imidazole rings is 1. The Balaban J connectivity index is 1.51. The fraction of sp³-hybridized carbons (Fsp3) is 0.304. The van der Waals surface area contributed by atoms with Crippen LogP contribution in [0.25, 0.3) is 22.5 Å². The average Bonchev–Trinajstić information content (AvgIpc) is 3.43. The second kappa shape index (κ2) is 9.29. The van der Waals surface area contributed by atoms with Crippen molar-refractivity contribution >= 4 is 17.7 Å². The van der Waals surface area contributed by atoms with Crippen LogP contribution in [-0.2, 0) is 9.53 Å². The largest absolute Gasteiger partial charge is 0.376 e. The van der Waals surface area contributed by atoms with Crippen molar-refractivity contribution in [1.82, 2.24) is 15.3 Å². The molecule has 29 heavy (non-hydrogen) atoms. The van der Waals surface area contributed by atoms with Crippen molar-refractivity contribution in [2.75, 3.05) is 13.2 Å². The number of aromatic amines is 1. The van der Waals surface area contributed by atoms with Crippen LogP contribution in [0.15, 0.2) is 65.8 Å². The van der Waals surface area contributed by atoms with Crippen molar-refractivity contribution in [3.8, 4) is 22.5 Å². The summed E-state index contributed by atoms with van der Waals surface area (Å²) in [5.41, 5.74) is 3.98. The van der Waals surface area contributed by atoms with E-state index >= 15 is 0 Å². The molecule has 2 atom stereocenters. The van der Waals surface area contributed by atoms with Crippen molar-refractivity contribution < 1.29 is 9.53 Å². The van der Waals surface area contributed by atoms with Gasteiger partial charge in [-0.3, -0.25) is 4.79 Å². The Bertz CT molecular complexity index is 880. The molecule has 1 aromatic heterocycles. The highest BCUT2D eigenvalue weighted by molar-refractivity contribution is 8.00. The molecule has 1 amide bonds. The molecule has 150 valence electrons. The maximum Gasteiger partial charge on any atom is 0.233 e. The minimum absolute atomic E-state index is 0.00409. The molecule has 1 aliphatic rings. The summed E-state index contributed by atoms with van der Waals surface area (Å²) in [7, 11) is 0. The maximum absolute atomic E-state index is 12.5. The van der Waals surface area contributed by atoms with E-state index in [1.165, 1.54) is 11.8 Å². The Morgan fingerprint density at radius 2 is 1.86 bits per heavy atom. The number of H-pyrrole nitrogens is 1. The van der Waals surface area contributed by atoms with E-state index in [1.807, 2.05) is 43.3 Å². The van der Waals surface area contributed by atoms with E-state index in [1.54, 1.807) is 0 Å². The Morgan fingerprint density at radius 1 is 1.17 bits per heavy atom. The zero-order valence-electron chi connectivity index (χ0n) is 16.4. The number of nitrogens with zero attached hydrogens (tertiary/aromatic N) is 1. The summed E-state index contributed by atoms with van der Waals surface area (Å²) in [6.45, 7) is 3.27. The molecular formula is C23H25N3O2S. The van der Waals surface area contributed by atoms with E-state index in [0.717, 1.165) is 47.1 Å². The lowest BCUT2D eigenvalue weighted by molar-refractivity contribution is -0.120. The van der Waals surface area contributed by atoms with Crippen LogP contribution in [0.4, 0.5) is 0 Å². The smallest absolute Gasteiger partial charge is 0.233 e. The summed E-state index contributed by atoms with van der Waals surface area (Å²) < 4.78 is 5.58. The van der Waals surface area contributed by atoms with Crippen LogP contribution in [-0.4, -0.2) is 40.4 Å². The lowest BCUT2D eigenvalue weighted by atomic mass is 10.1. The lowest BCUT2D eigenvalue weighted by Crippen LogP contribution is -2.36. The number of hydrogen-bond acceptors (Lipinski definition) is 4. The summed E-state index contributed by atoms with van der Waals surface area (Å²) in [4.78, 5) is 20.8. The maximum atomic E-state index is 12.5. The third-order valence-corrected chi connectivity index (χ3v) is 5.96. The molecule has 0 saturated carbocycles. The number of carbonyl (C=O) groups is 1. The quantitative estimate of drug-likeness (QED) is 0.565. The molecule has 4 rings (SSSR count). The van der Waals surface area contributed by atoms with Gasteiger partial charge in [-0.05, 0) is 19.8 Å². The van der Waals surface area contributed by atoms with Crippen LogP contribution in [0.1, 0.15) is 19.8 Å². The van der Waals surface area contributed by atoms with Gasteiger partial charge in [0.1, 0.15) is 0 Å². The molecule has 2 heterocycles. The molecule has 0 aliphatic carbocycles. The third-order valence-electron chi connectivity index (χ3n) is 4.98. The first kappa shape index (κ1) is 19.7. The van der Waals surface area contributed by atoms with Gasteiger partial charge in [-0.2, -0.15) is 0 Å². The minimum Gasteiger partial charge on any atom is -0.376 e. The number of benzene rings is 2. The van der Waals surface area contributed by atoms with Gasteiger partial charge in [-0.25, -0.2) is 4.98 Å². The molecule has 0 spiro atoms. The molecule has 0 bridgehead atoms. The molecule has 6 heteroatoms.